The third kappa shape index (κ3) is 4.76. The van der Waals surface area contributed by atoms with Crippen molar-refractivity contribution < 1.29 is 4.79 Å². The number of ketones is 1. The monoisotopic (exact) mass is 507 g/mol. The minimum Gasteiger partial charge on any atom is -0.368 e. The summed E-state index contributed by atoms with van der Waals surface area (Å²) in [5.74, 6) is 0.196. The first-order valence-electron chi connectivity index (χ1n) is 11.7. The SMILES string of the molecule is C1=CC=CNC=C1.O=C(c1ccccc1)C1C=c2c(ccc3c2=CCc2ccc(Br)cc2-3)CC1. The predicted octanol–water partition coefficient (Wildman–Crippen LogP) is 5.85. The van der Waals surface area contributed by atoms with Crippen molar-refractivity contribution in [1.29, 1.82) is 0 Å². The Morgan fingerprint density at radius 1 is 0.824 bits per heavy atom. The Labute approximate surface area is 208 Å². The average molecular weight is 508 g/mol. The molecule has 1 atom stereocenters. The molecule has 3 aliphatic rings. The molecular weight excluding hydrogens is 482 g/mol. The molecule has 0 aromatic heterocycles. The van der Waals surface area contributed by atoms with Crippen LogP contribution in [0, 0.1) is 5.92 Å². The molecule has 1 N–H and O–H groups in total. The number of hydrogen-bond donors (Lipinski definition) is 1. The average Bonchev–Trinajstić information content (AvgIpc) is 3.22. The van der Waals surface area contributed by atoms with Crippen LogP contribution in [0.1, 0.15) is 27.9 Å². The minimum atomic E-state index is -0.0382. The molecule has 3 aromatic rings. The van der Waals surface area contributed by atoms with E-state index in [0.717, 1.165) is 29.3 Å². The Bertz CT molecular complexity index is 1420. The molecule has 2 nitrogen and oxygen atoms in total. The molecule has 1 aliphatic heterocycles. The van der Waals surface area contributed by atoms with Crippen LogP contribution in [0.3, 0.4) is 0 Å². The van der Waals surface area contributed by atoms with Gasteiger partial charge in [-0.25, -0.2) is 0 Å². The van der Waals surface area contributed by atoms with Crippen molar-refractivity contribution in [3.05, 3.63) is 129 Å². The highest BCUT2D eigenvalue weighted by Crippen LogP contribution is 2.29. The summed E-state index contributed by atoms with van der Waals surface area (Å²) in [5, 5.41) is 5.48. The Hall–Kier alpha value is -3.43. The van der Waals surface area contributed by atoms with Crippen LogP contribution >= 0.6 is 15.9 Å². The number of halogens is 1. The first kappa shape index (κ1) is 22.4. The molecule has 0 saturated heterocycles. The van der Waals surface area contributed by atoms with Crippen LogP contribution in [-0.2, 0) is 12.8 Å². The van der Waals surface area contributed by atoms with Gasteiger partial charge in [0.25, 0.3) is 0 Å². The Morgan fingerprint density at radius 3 is 2.38 bits per heavy atom. The van der Waals surface area contributed by atoms with Gasteiger partial charge >= 0.3 is 0 Å². The van der Waals surface area contributed by atoms with Gasteiger partial charge in [-0.15, -0.1) is 0 Å². The number of benzene rings is 3. The highest BCUT2D eigenvalue weighted by atomic mass is 79.9. The smallest absolute Gasteiger partial charge is 0.169 e. The Balaban J connectivity index is 0.000000297. The van der Waals surface area contributed by atoms with Gasteiger partial charge in [0.2, 0.25) is 0 Å². The molecule has 1 unspecified atom stereocenters. The van der Waals surface area contributed by atoms with Gasteiger partial charge < -0.3 is 5.32 Å². The van der Waals surface area contributed by atoms with Crippen LogP contribution in [0.5, 0.6) is 0 Å². The van der Waals surface area contributed by atoms with Crippen LogP contribution in [0.4, 0.5) is 0 Å². The summed E-state index contributed by atoms with van der Waals surface area (Å²) in [6.45, 7) is 0. The molecule has 6 rings (SSSR count). The quantitative estimate of drug-likeness (QED) is 0.440. The molecule has 0 spiro atoms. The van der Waals surface area contributed by atoms with Crippen molar-refractivity contribution >= 4 is 33.9 Å². The number of Topliss-reactive ketones (excluding diaryl/α,β-unsaturated/α-hetero) is 1. The van der Waals surface area contributed by atoms with E-state index in [-0.39, 0.29) is 11.7 Å². The molecule has 2 aliphatic carbocycles. The fourth-order valence-corrected chi connectivity index (χ4v) is 5.13. The lowest BCUT2D eigenvalue weighted by Gasteiger charge is -2.21. The molecule has 0 fully saturated rings. The molecule has 0 radical (unpaired) electrons. The van der Waals surface area contributed by atoms with Crippen LogP contribution in [0.2, 0.25) is 0 Å². The van der Waals surface area contributed by atoms with Crippen LogP contribution < -0.4 is 15.8 Å². The zero-order valence-corrected chi connectivity index (χ0v) is 20.5. The van der Waals surface area contributed by atoms with Crippen molar-refractivity contribution in [2.75, 3.05) is 0 Å². The van der Waals surface area contributed by atoms with Gasteiger partial charge in [0, 0.05) is 28.4 Å². The summed E-state index contributed by atoms with van der Waals surface area (Å²) in [4.78, 5) is 13.0. The third-order valence-corrected chi connectivity index (χ3v) is 6.96. The normalized spacial score (nSPS) is 16.8. The van der Waals surface area contributed by atoms with E-state index in [1.165, 1.54) is 32.7 Å². The molecular formula is C31H26BrNO. The van der Waals surface area contributed by atoms with E-state index < -0.39 is 0 Å². The first-order valence-corrected chi connectivity index (χ1v) is 12.5. The minimum absolute atomic E-state index is 0.0382. The lowest BCUT2D eigenvalue weighted by atomic mass is 9.82. The van der Waals surface area contributed by atoms with Crippen LogP contribution in [0.15, 0.2) is 102 Å². The molecule has 0 amide bonds. The van der Waals surface area contributed by atoms with E-state index in [4.69, 9.17) is 0 Å². The van der Waals surface area contributed by atoms with E-state index in [1.54, 1.807) is 0 Å². The fourth-order valence-electron chi connectivity index (χ4n) is 4.77. The van der Waals surface area contributed by atoms with Crippen molar-refractivity contribution in [3.63, 3.8) is 0 Å². The lowest BCUT2D eigenvalue weighted by Crippen LogP contribution is -2.37. The summed E-state index contributed by atoms with van der Waals surface area (Å²) in [6.07, 6.45) is 18.9. The van der Waals surface area contributed by atoms with E-state index in [9.17, 15) is 4.79 Å². The van der Waals surface area contributed by atoms with Gasteiger partial charge in [0.05, 0.1) is 0 Å². The number of nitrogens with one attached hydrogen (secondary N) is 1. The number of hydrogen-bond acceptors (Lipinski definition) is 2. The van der Waals surface area contributed by atoms with Gasteiger partial charge in [-0.1, -0.05) is 88.8 Å². The molecule has 3 heteroatoms. The topological polar surface area (TPSA) is 29.1 Å². The Kier molecular flexibility index (Phi) is 6.73. The molecule has 34 heavy (non-hydrogen) atoms. The summed E-state index contributed by atoms with van der Waals surface area (Å²) in [5.41, 5.74) is 6.11. The third-order valence-electron chi connectivity index (χ3n) is 6.47. The standard InChI is InChI=1S/C25H19BrO.C6H7N/c26-20-11-8-17-10-12-21-22(24(17)15-20)13-9-16-6-7-19(14-23(16)21)25(27)18-4-2-1-3-5-18;1-2-4-6-7-5-3-1/h1-5,8-9,11-15,19H,6-7,10H2;1-7H. The fraction of sp³-hybridized carbons (Fsp3) is 0.129. The first-order chi connectivity index (χ1) is 16.7. The van der Waals surface area contributed by atoms with Gasteiger partial charge in [0.15, 0.2) is 5.78 Å². The molecule has 1 heterocycles. The predicted molar refractivity (Wildman–Crippen MR) is 145 cm³/mol. The zero-order chi connectivity index (χ0) is 23.3. The zero-order valence-electron chi connectivity index (χ0n) is 18.9. The second kappa shape index (κ2) is 10.2. The maximum absolute atomic E-state index is 13.0. The molecule has 3 aromatic carbocycles. The lowest BCUT2D eigenvalue weighted by molar-refractivity contribution is 0.0947. The highest BCUT2D eigenvalue weighted by molar-refractivity contribution is 9.10. The summed E-state index contributed by atoms with van der Waals surface area (Å²) in [7, 11) is 0. The van der Waals surface area contributed by atoms with Crippen LogP contribution in [-0.4, -0.2) is 5.78 Å². The van der Waals surface area contributed by atoms with Crippen molar-refractivity contribution in [2.45, 2.75) is 19.3 Å². The summed E-state index contributed by atoms with van der Waals surface area (Å²) >= 11 is 3.61. The summed E-state index contributed by atoms with van der Waals surface area (Å²) in [6, 6.07) is 20.7. The van der Waals surface area contributed by atoms with Crippen molar-refractivity contribution in [3.8, 4) is 11.1 Å². The van der Waals surface area contributed by atoms with Gasteiger partial charge in [-0.3, -0.25) is 4.79 Å². The van der Waals surface area contributed by atoms with Crippen molar-refractivity contribution in [2.24, 2.45) is 5.92 Å². The molecule has 0 bridgehead atoms. The summed E-state index contributed by atoms with van der Waals surface area (Å²) < 4.78 is 1.10. The number of rotatable bonds is 2. The number of fused-ring (bicyclic) bond motifs is 5. The number of aryl methyl sites for hydroxylation is 1. The van der Waals surface area contributed by atoms with Gasteiger partial charge in [-0.05, 0) is 76.2 Å². The van der Waals surface area contributed by atoms with Gasteiger partial charge in [-0.2, -0.15) is 0 Å². The van der Waals surface area contributed by atoms with Gasteiger partial charge in [0.1, 0.15) is 0 Å². The number of carbonyl (C=O) groups is 1. The second-order valence-electron chi connectivity index (χ2n) is 8.62. The number of allylic oxidation sites excluding steroid dienone is 4. The highest BCUT2D eigenvalue weighted by Gasteiger charge is 2.22. The Morgan fingerprint density at radius 2 is 1.59 bits per heavy atom. The molecule has 168 valence electrons. The maximum Gasteiger partial charge on any atom is 0.169 e. The van der Waals surface area contributed by atoms with E-state index in [1.807, 2.05) is 67.0 Å². The number of carbonyl (C=O) groups excluding carboxylic acids is 1. The maximum atomic E-state index is 13.0. The van der Waals surface area contributed by atoms with E-state index in [2.05, 4.69) is 63.7 Å². The molecule has 0 saturated carbocycles. The largest absolute Gasteiger partial charge is 0.368 e. The van der Waals surface area contributed by atoms with E-state index >= 15 is 0 Å². The van der Waals surface area contributed by atoms with Crippen LogP contribution in [0.25, 0.3) is 23.3 Å². The second-order valence-corrected chi connectivity index (χ2v) is 9.54. The van der Waals surface area contributed by atoms with Crippen molar-refractivity contribution in [1.82, 2.24) is 5.32 Å². The van der Waals surface area contributed by atoms with E-state index in [0.29, 0.717) is 0 Å².